The average molecular weight is 413 g/mol. The molecule has 0 unspecified atom stereocenters. The van der Waals surface area contributed by atoms with Gasteiger partial charge in [-0.2, -0.15) is 0 Å². The quantitative estimate of drug-likeness (QED) is 0.376. The molecule has 0 radical (unpaired) electrons. The minimum Gasteiger partial charge on any atom is -0.497 e. The van der Waals surface area contributed by atoms with Gasteiger partial charge in [0.1, 0.15) is 12.3 Å². The molecule has 1 aliphatic rings. The van der Waals surface area contributed by atoms with Crippen LogP contribution in [-0.2, 0) is 20.9 Å². The molecule has 0 bridgehead atoms. The van der Waals surface area contributed by atoms with E-state index in [0.29, 0.717) is 16.3 Å². The summed E-state index contributed by atoms with van der Waals surface area (Å²) in [5, 5.41) is 1.89. The minimum atomic E-state index is -1.02. The SMILES string of the molecule is C=CCN1C(=O)C(=O)N(CC(=O)N(Cc2cccs2)c2ccc(OC)cc2)C1=O. The number of ether oxygens (including phenoxy) is 1. The summed E-state index contributed by atoms with van der Waals surface area (Å²) < 4.78 is 5.15. The molecule has 150 valence electrons. The molecule has 0 spiro atoms. The lowest BCUT2D eigenvalue weighted by Gasteiger charge is -2.24. The summed E-state index contributed by atoms with van der Waals surface area (Å²) >= 11 is 1.48. The number of imide groups is 2. The van der Waals surface area contributed by atoms with Gasteiger partial charge in [0.25, 0.3) is 0 Å². The fraction of sp³-hybridized carbons (Fsp3) is 0.200. The number of carbonyl (C=O) groups excluding carboxylic acids is 4. The molecule has 0 atom stereocenters. The molecule has 9 heteroatoms. The molecule has 2 heterocycles. The van der Waals surface area contributed by atoms with Crippen LogP contribution in [0.25, 0.3) is 0 Å². The lowest BCUT2D eigenvalue weighted by molar-refractivity contribution is -0.143. The van der Waals surface area contributed by atoms with Gasteiger partial charge in [-0.15, -0.1) is 17.9 Å². The Kier molecular flexibility index (Phi) is 6.08. The number of hydrogen-bond donors (Lipinski definition) is 0. The molecule has 1 fully saturated rings. The highest BCUT2D eigenvalue weighted by atomic mass is 32.1. The highest BCUT2D eigenvalue weighted by molar-refractivity contribution is 7.09. The molecule has 0 aliphatic carbocycles. The van der Waals surface area contributed by atoms with Crippen molar-refractivity contribution in [2.75, 3.05) is 25.1 Å². The Labute approximate surface area is 171 Å². The zero-order valence-corrected chi connectivity index (χ0v) is 16.6. The fourth-order valence-electron chi connectivity index (χ4n) is 2.84. The molecule has 3 rings (SSSR count). The van der Waals surface area contributed by atoms with Crippen LogP contribution < -0.4 is 9.64 Å². The highest BCUT2D eigenvalue weighted by Gasteiger charge is 2.45. The van der Waals surface area contributed by atoms with E-state index in [1.165, 1.54) is 22.3 Å². The number of benzene rings is 1. The van der Waals surface area contributed by atoms with E-state index in [9.17, 15) is 19.2 Å². The molecule has 0 N–H and O–H groups in total. The normalized spacial score (nSPS) is 13.8. The number of carbonyl (C=O) groups is 4. The van der Waals surface area contributed by atoms with E-state index in [-0.39, 0.29) is 13.1 Å². The van der Waals surface area contributed by atoms with Gasteiger partial charge in [-0.3, -0.25) is 19.3 Å². The predicted octanol–water partition coefficient (Wildman–Crippen LogP) is 2.27. The zero-order chi connectivity index (χ0) is 21.0. The Morgan fingerprint density at radius 3 is 2.41 bits per heavy atom. The molecule has 5 amide bonds. The lowest BCUT2D eigenvalue weighted by atomic mass is 10.2. The second-order valence-corrected chi connectivity index (χ2v) is 7.17. The van der Waals surface area contributed by atoms with Crippen molar-refractivity contribution in [1.29, 1.82) is 0 Å². The van der Waals surface area contributed by atoms with Gasteiger partial charge in [0.15, 0.2) is 0 Å². The number of amides is 5. The average Bonchev–Trinajstić information content (AvgIpc) is 3.31. The third kappa shape index (κ3) is 4.19. The van der Waals surface area contributed by atoms with Crippen molar-refractivity contribution in [2.45, 2.75) is 6.54 Å². The number of rotatable bonds is 8. The standard InChI is InChI=1S/C20H19N3O5S/c1-3-10-21-18(25)19(26)23(20(21)27)13-17(24)22(12-16-5-4-11-29-16)14-6-8-15(28-2)9-7-14/h3-9,11H,1,10,12-13H2,2H3. The van der Waals surface area contributed by atoms with Crippen molar-refractivity contribution < 1.29 is 23.9 Å². The summed E-state index contributed by atoms with van der Waals surface area (Å²) in [7, 11) is 1.54. The van der Waals surface area contributed by atoms with Crippen LogP contribution in [0.4, 0.5) is 10.5 Å². The third-order valence-electron chi connectivity index (χ3n) is 4.32. The second-order valence-electron chi connectivity index (χ2n) is 6.14. The molecule has 29 heavy (non-hydrogen) atoms. The largest absolute Gasteiger partial charge is 0.497 e. The van der Waals surface area contributed by atoms with E-state index >= 15 is 0 Å². The van der Waals surface area contributed by atoms with Gasteiger partial charge < -0.3 is 9.64 Å². The van der Waals surface area contributed by atoms with Gasteiger partial charge in [-0.25, -0.2) is 9.69 Å². The summed E-state index contributed by atoms with van der Waals surface area (Å²) in [4.78, 5) is 53.4. The zero-order valence-electron chi connectivity index (χ0n) is 15.7. The number of nitrogens with zero attached hydrogens (tertiary/aromatic N) is 3. The Balaban J connectivity index is 1.84. The number of methoxy groups -OCH3 is 1. The maximum atomic E-state index is 13.0. The Bertz CT molecular complexity index is 940. The summed E-state index contributed by atoms with van der Waals surface area (Å²) in [5.74, 6) is -1.83. The predicted molar refractivity (Wildman–Crippen MR) is 108 cm³/mol. The van der Waals surface area contributed by atoms with Crippen LogP contribution in [0.3, 0.4) is 0 Å². The van der Waals surface area contributed by atoms with Crippen molar-refractivity contribution in [1.82, 2.24) is 9.80 Å². The molecule has 0 saturated carbocycles. The van der Waals surface area contributed by atoms with Crippen LogP contribution in [0.2, 0.25) is 0 Å². The molecular formula is C20H19N3O5S. The van der Waals surface area contributed by atoms with E-state index < -0.39 is 30.3 Å². The van der Waals surface area contributed by atoms with Crippen molar-refractivity contribution in [2.24, 2.45) is 0 Å². The van der Waals surface area contributed by atoms with Crippen LogP contribution in [0.5, 0.6) is 5.75 Å². The van der Waals surface area contributed by atoms with Crippen LogP contribution in [0.15, 0.2) is 54.4 Å². The van der Waals surface area contributed by atoms with Gasteiger partial charge in [0, 0.05) is 17.1 Å². The van der Waals surface area contributed by atoms with Gasteiger partial charge in [-0.05, 0) is 35.7 Å². The minimum absolute atomic E-state index is 0.0918. The first-order valence-corrected chi connectivity index (χ1v) is 9.59. The number of urea groups is 1. The first kappa shape index (κ1) is 20.3. The summed E-state index contributed by atoms with van der Waals surface area (Å²) in [6.45, 7) is 3.11. The Hall–Kier alpha value is -3.46. The van der Waals surface area contributed by atoms with Crippen LogP contribution in [0.1, 0.15) is 4.88 Å². The molecule has 1 aromatic heterocycles. The Morgan fingerprint density at radius 2 is 1.83 bits per heavy atom. The van der Waals surface area contributed by atoms with E-state index in [4.69, 9.17) is 4.74 Å². The molecule has 8 nitrogen and oxygen atoms in total. The molecule has 1 saturated heterocycles. The Morgan fingerprint density at radius 1 is 1.14 bits per heavy atom. The van der Waals surface area contributed by atoms with Gasteiger partial charge in [0.05, 0.1) is 13.7 Å². The summed E-state index contributed by atoms with van der Waals surface area (Å²) in [6.07, 6.45) is 1.34. The highest BCUT2D eigenvalue weighted by Crippen LogP contribution is 2.24. The molecule has 1 aliphatic heterocycles. The third-order valence-corrected chi connectivity index (χ3v) is 5.18. The van der Waals surface area contributed by atoms with E-state index in [0.717, 1.165) is 9.78 Å². The first-order valence-electron chi connectivity index (χ1n) is 8.71. The summed E-state index contributed by atoms with van der Waals surface area (Å²) in [5.41, 5.74) is 0.581. The second kappa shape index (κ2) is 8.70. The van der Waals surface area contributed by atoms with Crippen LogP contribution in [-0.4, -0.2) is 53.8 Å². The van der Waals surface area contributed by atoms with Crippen LogP contribution in [0, 0.1) is 0 Å². The van der Waals surface area contributed by atoms with Crippen molar-refractivity contribution in [3.05, 3.63) is 59.3 Å². The van der Waals surface area contributed by atoms with E-state index in [1.54, 1.807) is 31.4 Å². The van der Waals surface area contributed by atoms with Gasteiger partial charge in [-0.1, -0.05) is 12.1 Å². The molecule has 2 aromatic rings. The lowest BCUT2D eigenvalue weighted by Crippen LogP contribution is -2.43. The molecule has 1 aromatic carbocycles. The van der Waals surface area contributed by atoms with Gasteiger partial charge in [0.2, 0.25) is 5.91 Å². The summed E-state index contributed by atoms with van der Waals surface area (Å²) in [6, 6.07) is 9.79. The van der Waals surface area contributed by atoms with Crippen molar-refractivity contribution in [3.8, 4) is 5.75 Å². The van der Waals surface area contributed by atoms with Crippen LogP contribution >= 0.6 is 11.3 Å². The molecular weight excluding hydrogens is 394 g/mol. The number of anilines is 1. The van der Waals surface area contributed by atoms with Crippen molar-refractivity contribution in [3.63, 3.8) is 0 Å². The van der Waals surface area contributed by atoms with Gasteiger partial charge >= 0.3 is 17.8 Å². The first-order chi connectivity index (χ1) is 14.0. The maximum absolute atomic E-state index is 13.0. The topological polar surface area (TPSA) is 87.2 Å². The smallest absolute Gasteiger partial charge is 0.335 e. The van der Waals surface area contributed by atoms with E-state index in [2.05, 4.69) is 6.58 Å². The van der Waals surface area contributed by atoms with Crippen molar-refractivity contribution >= 4 is 40.8 Å². The maximum Gasteiger partial charge on any atom is 0.335 e. The number of thiophene rings is 1. The monoisotopic (exact) mass is 413 g/mol. The number of hydrogen-bond acceptors (Lipinski definition) is 6. The fourth-order valence-corrected chi connectivity index (χ4v) is 3.54. The van der Waals surface area contributed by atoms with E-state index in [1.807, 2.05) is 17.5 Å².